The topological polar surface area (TPSA) is 25.8 Å². The summed E-state index contributed by atoms with van der Waals surface area (Å²) < 4.78 is 13.7. The van der Waals surface area contributed by atoms with Crippen LogP contribution in [0.2, 0.25) is 0 Å². The molecule has 0 saturated heterocycles. The van der Waals surface area contributed by atoms with Gasteiger partial charge in [-0.15, -0.1) is 0 Å². The van der Waals surface area contributed by atoms with Crippen molar-refractivity contribution in [3.05, 3.63) is 34.4 Å². The summed E-state index contributed by atoms with van der Waals surface area (Å²) in [5.74, 6) is 0.678. The first-order valence-electron chi connectivity index (χ1n) is 4.70. The van der Waals surface area contributed by atoms with Gasteiger partial charge >= 0.3 is 0 Å². The van der Waals surface area contributed by atoms with Crippen LogP contribution >= 0.6 is 15.9 Å². The molecule has 1 heterocycles. The summed E-state index contributed by atoms with van der Waals surface area (Å²) in [6.45, 7) is 4.01. The van der Waals surface area contributed by atoms with Gasteiger partial charge in [0.1, 0.15) is 16.2 Å². The number of fused-ring (bicyclic) bond motifs is 1. The number of aromatic nitrogens is 2. The highest BCUT2D eigenvalue weighted by atomic mass is 79.9. The van der Waals surface area contributed by atoms with Crippen LogP contribution in [0.15, 0.2) is 22.8 Å². The first-order chi connectivity index (χ1) is 7.08. The van der Waals surface area contributed by atoms with Crippen molar-refractivity contribution in [3.63, 3.8) is 0 Å². The number of hydrogen-bond acceptors (Lipinski definition) is 2. The van der Waals surface area contributed by atoms with Gasteiger partial charge in [0.05, 0.1) is 5.52 Å². The van der Waals surface area contributed by atoms with E-state index in [1.165, 1.54) is 12.1 Å². The lowest BCUT2D eigenvalue weighted by Crippen LogP contribution is -1.98. The molecule has 4 heteroatoms. The molecule has 0 N–H and O–H groups in total. The van der Waals surface area contributed by atoms with Gasteiger partial charge in [0.15, 0.2) is 0 Å². The molecule has 2 aromatic rings. The largest absolute Gasteiger partial charge is 0.232 e. The maximum atomic E-state index is 13.0. The minimum Gasteiger partial charge on any atom is -0.232 e. The normalized spacial score (nSPS) is 11.3. The minimum atomic E-state index is -0.275. The SMILES string of the molecule is CC(C)c1nc(Br)c2ccc(F)cc2n1. The van der Waals surface area contributed by atoms with Crippen LogP contribution in [-0.2, 0) is 0 Å². The van der Waals surface area contributed by atoms with Gasteiger partial charge in [-0.25, -0.2) is 14.4 Å². The van der Waals surface area contributed by atoms with Crippen LogP contribution in [0, 0.1) is 5.82 Å². The Balaban J connectivity index is 2.74. The van der Waals surface area contributed by atoms with Crippen molar-refractivity contribution in [2.75, 3.05) is 0 Å². The quantitative estimate of drug-likeness (QED) is 0.738. The fraction of sp³-hybridized carbons (Fsp3) is 0.273. The van der Waals surface area contributed by atoms with Crippen molar-refractivity contribution >= 4 is 26.8 Å². The average Bonchev–Trinajstić information content (AvgIpc) is 2.16. The Kier molecular flexibility index (Phi) is 2.69. The molecule has 0 spiro atoms. The zero-order chi connectivity index (χ0) is 11.0. The van der Waals surface area contributed by atoms with Gasteiger partial charge in [-0.1, -0.05) is 13.8 Å². The van der Waals surface area contributed by atoms with Crippen molar-refractivity contribution in [2.24, 2.45) is 0 Å². The summed E-state index contributed by atoms with van der Waals surface area (Å²) in [6.07, 6.45) is 0. The number of rotatable bonds is 1. The number of hydrogen-bond donors (Lipinski definition) is 0. The highest BCUT2D eigenvalue weighted by Crippen LogP contribution is 2.23. The van der Waals surface area contributed by atoms with Crippen LogP contribution < -0.4 is 0 Å². The zero-order valence-corrected chi connectivity index (χ0v) is 10.0. The van der Waals surface area contributed by atoms with E-state index in [-0.39, 0.29) is 11.7 Å². The Morgan fingerprint density at radius 3 is 2.67 bits per heavy atom. The third-order valence-electron chi connectivity index (χ3n) is 2.15. The zero-order valence-electron chi connectivity index (χ0n) is 8.46. The summed E-state index contributed by atoms with van der Waals surface area (Å²) in [7, 11) is 0. The third-order valence-corrected chi connectivity index (χ3v) is 2.75. The smallest absolute Gasteiger partial charge is 0.132 e. The van der Waals surface area contributed by atoms with Crippen molar-refractivity contribution in [1.29, 1.82) is 0 Å². The summed E-state index contributed by atoms with van der Waals surface area (Å²) >= 11 is 3.37. The van der Waals surface area contributed by atoms with E-state index in [2.05, 4.69) is 25.9 Å². The lowest BCUT2D eigenvalue weighted by atomic mass is 10.2. The van der Waals surface area contributed by atoms with E-state index in [1.807, 2.05) is 13.8 Å². The molecule has 0 aliphatic heterocycles. The second-order valence-electron chi connectivity index (χ2n) is 3.69. The molecule has 2 nitrogen and oxygen atoms in total. The molecule has 0 aliphatic rings. The first-order valence-corrected chi connectivity index (χ1v) is 5.50. The second-order valence-corrected chi connectivity index (χ2v) is 4.44. The van der Waals surface area contributed by atoms with E-state index in [0.29, 0.717) is 5.52 Å². The van der Waals surface area contributed by atoms with Crippen molar-refractivity contribution in [1.82, 2.24) is 9.97 Å². The fourth-order valence-electron chi connectivity index (χ4n) is 1.34. The Morgan fingerprint density at radius 1 is 1.27 bits per heavy atom. The third kappa shape index (κ3) is 2.00. The molecule has 78 valence electrons. The van der Waals surface area contributed by atoms with E-state index in [9.17, 15) is 4.39 Å². The first kappa shape index (κ1) is 10.5. The molecule has 0 radical (unpaired) electrons. The van der Waals surface area contributed by atoms with Crippen LogP contribution in [0.3, 0.4) is 0 Å². The van der Waals surface area contributed by atoms with Crippen LogP contribution in [0.4, 0.5) is 4.39 Å². The standard InChI is InChI=1S/C11H10BrFN2/c1-6(2)11-14-9-5-7(13)3-4-8(9)10(12)15-11/h3-6H,1-2H3. The summed E-state index contributed by atoms with van der Waals surface area (Å²) in [4.78, 5) is 8.63. The van der Waals surface area contributed by atoms with E-state index in [0.717, 1.165) is 15.8 Å². The van der Waals surface area contributed by atoms with Crippen LogP contribution in [0.1, 0.15) is 25.6 Å². The van der Waals surface area contributed by atoms with Gasteiger partial charge < -0.3 is 0 Å². The fourth-order valence-corrected chi connectivity index (χ4v) is 1.86. The second kappa shape index (κ2) is 3.85. The Labute approximate surface area is 95.7 Å². The molecule has 15 heavy (non-hydrogen) atoms. The molecule has 0 bridgehead atoms. The van der Waals surface area contributed by atoms with Gasteiger partial charge in [-0.05, 0) is 28.1 Å². The number of benzene rings is 1. The molecule has 0 fully saturated rings. The molecular formula is C11H10BrFN2. The van der Waals surface area contributed by atoms with Crippen molar-refractivity contribution in [3.8, 4) is 0 Å². The van der Waals surface area contributed by atoms with Crippen molar-refractivity contribution in [2.45, 2.75) is 19.8 Å². The highest BCUT2D eigenvalue weighted by molar-refractivity contribution is 9.10. The predicted octanol–water partition coefficient (Wildman–Crippen LogP) is 3.65. The summed E-state index contributed by atoms with van der Waals surface area (Å²) in [6, 6.07) is 4.51. The van der Waals surface area contributed by atoms with E-state index < -0.39 is 0 Å². The summed E-state index contributed by atoms with van der Waals surface area (Å²) in [5.41, 5.74) is 0.639. The average molecular weight is 269 g/mol. The van der Waals surface area contributed by atoms with Crippen LogP contribution in [0.5, 0.6) is 0 Å². The van der Waals surface area contributed by atoms with Gasteiger partial charge in [0, 0.05) is 17.4 Å². The lowest BCUT2D eigenvalue weighted by Gasteiger charge is -2.06. The molecule has 2 rings (SSSR count). The maximum absolute atomic E-state index is 13.0. The molecule has 0 aliphatic carbocycles. The molecule has 0 unspecified atom stereocenters. The Morgan fingerprint density at radius 2 is 2.00 bits per heavy atom. The number of nitrogens with zero attached hydrogens (tertiary/aromatic N) is 2. The van der Waals surface area contributed by atoms with E-state index >= 15 is 0 Å². The highest BCUT2D eigenvalue weighted by Gasteiger charge is 2.08. The van der Waals surface area contributed by atoms with Crippen LogP contribution in [0.25, 0.3) is 10.9 Å². The molecule has 0 saturated carbocycles. The van der Waals surface area contributed by atoms with Crippen LogP contribution in [-0.4, -0.2) is 9.97 Å². The lowest BCUT2D eigenvalue weighted by molar-refractivity contribution is 0.629. The molecular weight excluding hydrogens is 259 g/mol. The van der Waals surface area contributed by atoms with Gasteiger partial charge in [-0.3, -0.25) is 0 Å². The van der Waals surface area contributed by atoms with E-state index in [1.54, 1.807) is 6.07 Å². The predicted molar refractivity (Wildman–Crippen MR) is 61.3 cm³/mol. The van der Waals surface area contributed by atoms with E-state index in [4.69, 9.17) is 0 Å². The minimum absolute atomic E-state index is 0.231. The molecule has 1 aromatic heterocycles. The maximum Gasteiger partial charge on any atom is 0.132 e. The Hall–Kier alpha value is -1.03. The van der Waals surface area contributed by atoms with Gasteiger partial charge in [0.2, 0.25) is 0 Å². The molecule has 0 amide bonds. The monoisotopic (exact) mass is 268 g/mol. The Bertz CT molecular complexity index is 511. The van der Waals surface area contributed by atoms with Gasteiger partial charge in [0.25, 0.3) is 0 Å². The summed E-state index contributed by atoms with van der Waals surface area (Å²) in [5, 5.41) is 0.834. The van der Waals surface area contributed by atoms with Crippen molar-refractivity contribution < 1.29 is 4.39 Å². The van der Waals surface area contributed by atoms with Gasteiger partial charge in [-0.2, -0.15) is 0 Å². The number of halogens is 2. The molecule has 0 atom stereocenters. The molecule has 1 aromatic carbocycles.